The van der Waals surface area contributed by atoms with Crippen molar-refractivity contribution in [3.8, 4) is 0 Å². The van der Waals surface area contributed by atoms with Crippen LogP contribution in [0.1, 0.15) is 23.4 Å². The molecule has 1 aliphatic carbocycles. The molecule has 1 saturated heterocycles. The lowest BCUT2D eigenvalue weighted by molar-refractivity contribution is -0.122. The second-order valence-corrected chi connectivity index (χ2v) is 5.09. The maximum Gasteiger partial charge on any atom is 0.292 e. The fraction of sp³-hybridized carbons (Fsp3) is 0.583. The van der Waals surface area contributed by atoms with Gasteiger partial charge in [0.25, 0.3) is 5.91 Å². The zero-order valence-electron chi connectivity index (χ0n) is 10.2. The van der Waals surface area contributed by atoms with Gasteiger partial charge in [-0.25, -0.2) is 0 Å². The number of likely N-dealkylation sites (tertiary alicyclic amines) is 1. The number of nitrogens with zero attached hydrogens (tertiary/aromatic N) is 2. The van der Waals surface area contributed by atoms with Crippen LogP contribution in [0.4, 0.5) is 0 Å². The van der Waals surface area contributed by atoms with E-state index in [4.69, 9.17) is 4.52 Å². The van der Waals surface area contributed by atoms with Gasteiger partial charge < -0.3 is 14.7 Å². The molecule has 6 nitrogen and oxygen atoms in total. The van der Waals surface area contributed by atoms with Crippen molar-refractivity contribution in [2.75, 3.05) is 20.1 Å². The largest absolute Gasteiger partial charge is 0.359 e. The summed E-state index contributed by atoms with van der Waals surface area (Å²) in [6, 6.07) is 1.57. The van der Waals surface area contributed by atoms with E-state index in [9.17, 15) is 9.59 Å². The van der Waals surface area contributed by atoms with E-state index in [-0.39, 0.29) is 28.9 Å². The molecule has 6 heteroatoms. The van der Waals surface area contributed by atoms with E-state index in [2.05, 4.69) is 10.5 Å². The van der Waals surface area contributed by atoms with Crippen molar-refractivity contribution in [1.29, 1.82) is 0 Å². The van der Waals surface area contributed by atoms with Crippen molar-refractivity contribution in [1.82, 2.24) is 15.4 Å². The van der Waals surface area contributed by atoms with Crippen LogP contribution in [0.15, 0.2) is 16.8 Å². The summed E-state index contributed by atoms with van der Waals surface area (Å²) >= 11 is 0. The molecule has 1 aromatic heterocycles. The molecule has 2 aliphatic rings. The summed E-state index contributed by atoms with van der Waals surface area (Å²) in [4.78, 5) is 25.4. The molecule has 1 spiro atoms. The van der Waals surface area contributed by atoms with Crippen LogP contribution in [0.3, 0.4) is 0 Å². The zero-order chi connectivity index (χ0) is 12.8. The highest BCUT2D eigenvalue weighted by atomic mass is 16.5. The van der Waals surface area contributed by atoms with E-state index in [1.807, 2.05) is 0 Å². The summed E-state index contributed by atoms with van der Waals surface area (Å²) < 4.78 is 4.87. The van der Waals surface area contributed by atoms with Gasteiger partial charge in [-0.3, -0.25) is 9.59 Å². The summed E-state index contributed by atoms with van der Waals surface area (Å²) in [5, 5.41) is 6.22. The third-order valence-corrected chi connectivity index (χ3v) is 4.07. The number of hydrogen-bond donors (Lipinski definition) is 1. The summed E-state index contributed by atoms with van der Waals surface area (Å²) in [7, 11) is 1.65. The fourth-order valence-corrected chi connectivity index (χ4v) is 2.89. The van der Waals surface area contributed by atoms with Crippen molar-refractivity contribution in [2.45, 2.75) is 12.8 Å². The third kappa shape index (κ3) is 1.60. The number of nitrogens with one attached hydrogen (secondary N) is 1. The Labute approximate surface area is 104 Å². The van der Waals surface area contributed by atoms with Crippen LogP contribution in [0, 0.1) is 11.3 Å². The second kappa shape index (κ2) is 3.83. The van der Waals surface area contributed by atoms with E-state index in [0.717, 1.165) is 12.8 Å². The number of hydrogen-bond acceptors (Lipinski definition) is 4. The van der Waals surface area contributed by atoms with E-state index in [1.54, 1.807) is 18.0 Å². The highest BCUT2D eigenvalue weighted by molar-refractivity contribution is 5.92. The lowest BCUT2D eigenvalue weighted by Gasteiger charge is -2.14. The molecule has 1 aromatic rings. The van der Waals surface area contributed by atoms with Crippen molar-refractivity contribution in [3.63, 3.8) is 0 Å². The molecule has 0 radical (unpaired) electrons. The number of carbonyl (C=O) groups excluding carboxylic acids is 2. The van der Waals surface area contributed by atoms with Gasteiger partial charge in [0.1, 0.15) is 0 Å². The molecule has 3 rings (SSSR count). The van der Waals surface area contributed by atoms with Crippen LogP contribution in [-0.4, -0.2) is 42.0 Å². The monoisotopic (exact) mass is 249 g/mol. The molecule has 0 unspecified atom stereocenters. The SMILES string of the molecule is CNC(=O)[C@H]1C[C@@]12CCN(C(=O)c1ccno1)C2. The number of amides is 2. The van der Waals surface area contributed by atoms with E-state index in [1.165, 1.54) is 6.20 Å². The van der Waals surface area contributed by atoms with Gasteiger partial charge in [-0.1, -0.05) is 5.16 Å². The first-order valence-electron chi connectivity index (χ1n) is 6.08. The lowest BCUT2D eigenvalue weighted by atomic mass is 10.0. The van der Waals surface area contributed by atoms with Gasteiger partial charge in [-0.2, -0.15) is 0 Å². The van der Waals surface area contributed by atoms with Gasteiger partial charge >= 0.3 is 0 Å². The Morgan fingerprint density at radius 1 is 1.61 bits per heavy atom. The molecule has 96 valence electrons. The highest BCUT2D eigenvalue weighted by Crippen LogP contribution is 2.58. The molecule has 1 saturated carbocycles. The quantitative estimate of drug-likeness (QED) is 0.816. The molecular formula is C12H15N3O3. The Morgan fingerprint density at radius 3 is 3.11 bits per heavy atom. The van der Waals surface area contributed by atoms with Crippen molar-refractivity contribution in [3.05, 3.63) is 18.0 Å². The smallest absolute Gasteiger partial charge is 0.292 e. The molecule has 0 aromatic carbocycles. The standard InChI is InChI=1S/C12H15N3O3/c1-13-10(16)8-6-12(8)3-5-15(7-12)11(17)9-2-4-14-18-9/h2,4,8H,3,5-7H2,1H3,(H,13,16)/t8-,12-/m1/s1. The van der Waals surface area contributed by atoms with Gasteiger partial charge in [0, 0.05) is 37.5 Å². The predicted molar refractivity (Wildman–Crippen MR) is 61.6 cm³/mol. The third-order valence-electron chi connectivity index (χ3n) is 4.07. The highest BCUT2D eigenvalue weighted by Gasteiger charge is 2.61. The van der Waals surface area contributed by atoms with Crippen LogP contribution in [0.5, 0.6) is 0 Å². The van der Waals surface area contributed by atoms with E-state index < -0.39 is 0 Å². The number of aromatic nitrogens is 1. The van der Waals surface area contributed by atoms with Gasteiger partial charge in [0.05, 0.1) is 6.20 Å². The molecule has 18 heavy (non-hydrogen) atoms. The minimum atomic E-state index is -0.132. The first-order chi connectivity index (χ1) is 8.66. The Hall–Kier alpha value is -1.85. The van der Waals surface area contributed by atoms with E-state index >= 15 is 0 Å². The molecule has 2 atom stereocenters. The minimum Gasteiger partial charge on any atom is -0.359 e. The molecular weight excluding hydrogens is 234 g/mol. The molecule has 2 heterocycles. The van der Waals surface area contributed by atoms with Gasteiger partial charge in [-0.15, -0.1) is 0 Å². The van der Waals surface area contributed by atoms with Crippen molar-refractivity contribution in [2.24, 2.45) is 11.3 Å². The van der Waals surface area contributed by atoms with Crippen LogP contribution in [0.2, 0.25) is 0 Å². The Bertz CT molecular complexity index is 485. The van der Waals surface area contributed by atoms with Gasteiger partial charge in [0.2, 0.25) is 11.7 Å². The molecule has 2 amide bonds. The fourth-order valence-electron chi connectivity index (χ4n) is 2.89. The molecule has 1 N–H and O–H groups in total. The summed E-state index contributed by atoms with van der Waals surface area (Å²) in [5.41, 5.74) is 0.00970. The summed E-state index contributed by atoms with van der Waals surface area (Å²) in [6.07, 6.45) is 3.24. The maximum atomic E-state index is 12.1. The van der Waals surface area contributed by atoms with Crippen molar-refractivity contribution >= 4 is 11.8 Å². The second-order valence-electron chi connectivity index (χ2n) is 5.09. The van der Waals surface area contributed by atoms with Crippen LogP contribution in [0.25, 0.3) is 0 Å². The maximum absolute atomic E-state index is 12.1. The number of carbonyl (C=O) groups is 2. The summed E-state index contributed by atoms with van der Waals surface area (Å²) in [6.45, 7) is 1.33. The zero-order valence-corrected chi connectivity index (χ0v) is 10.2. The van der Waals surface area contributed by atoms with Gasteiger partial charge in [-0.05, 0) is 12.8 Å². The average Bonchev–Trinajstić information content (AvgIpc) is 2.77. The molecule has 2 fully saturated rings. The average molecular weight is 249 g/mol. The van der Waals surface area contributed by atoms with Crippen LogP contribution in [-0.2, 0) is 4.79 Å². The van der Waals surface area contributed by atoms with Crippen LogP contribution < -0.4 is 5.32 Å². The van der Waals surface area contributed by atoms with Crippen molar-refractivity contribution < 1.29 is 14.1 Å². The Balaban J connectivity index is 1.67. The predicted octanol–water partition coefficient (Wildman–Crippen LogP) is 0.273. The van der Waals surface area contributed by atoms with Gasteiger partial charge in [0.15, 0.2) is 0 Å². The first kappa shape index (κ1) is 11.3. The Kier molecular flexibility index (Phi) is 2.39. The Morgan fingerprint density at radius 2 is 2.44 bits per heavy atom. The topological polar surface area (TPSA) is 75.4 Å². The first-order valence-corrected chi connectivity index (χ1v) is 6.08. The number of rotatable bonds is 2. The summed E-state index contributed by atoms with van der Waals surface area (Å²) in [5.74, 6) is 0.287. The normalized spacial score (nSPS) is 29.6. The van der Waals surface area contributed by atoms with Crippen LogP contribution >= 0.6 is 0 Å². The molecule has 0 bridgehead atoms. The minimum absolute atomic E-state index is 0.00970. The lowest BCUT2D eigenvalue weighted by Crippen LogP contribution is -2.30. The van der Waals surface area contributed by atoms with E-state index in [0.29, 0.717) is 13.1 Å². The molecule has 1 aliphatic heterocycles.